The lowest BCUT2D eigenvalue weighted by Crippen LogP contribution is -2.41. The van der Waals surface area contributed by atoms with Crippen LogP contribution in [0.25, 0.3) is 26.9 Å². The molecule has 5 nitrogen and oxygen atoms in total. The number of hydrogen-bond donors (Lipinski definition) is 1. The van der Waals surface area contributed by atoms with E-state index < -0.39 is 0 Å². The second-order valence-electron chi connectivity index (χ2n) is 6.24. The summed E-state index contributed by atoms with van der Waals surface area (Å²) < 4.78 is 4.83. The first-order valence-corrected chi connectivity index (χ1v) is 10.5. The zero-order chi connectivity index (χ0) is 19.3. The Balaban J connectivity index is 1.90. The van der Waals surface area contributed by atoms with Gasteiger partial charge in [-0.2, -0.15) is 8.97 Å². The number of rotatable bonds is 3. The van der Waals surface area contributed by atoms with E-state index in [1.54, 1.807) is 32.7 Å². The number of benzene rings is 1. The molecule has 0 bridgehead atoms. The number of aromatic nitrogens is 3. The Morgan fingerprint density at radius 2 is 2.00 bits per heavy atom. The number of fused-ring (bicyclic) bond motifs is 3. The molecule has 8 heteroatoms. The fourth-order valence-electron chi connectivity index (χ4n) is 3.39. The molecule has 0 aliphatic rings. The lowest BCUT2D eigenvalue weighted by Gasteiger charge is -2.10. The van der Waals surface area contributed by atoms with Crippen molar-refractivity contribution in [2.24, 2.45) is 0 Å². The van der Waals surface area contributed by atoms with Crippen molar-refractivity contribution in [1.29, 1.82) is 0 Å². The van der Waals surface area contributed by atoms with E-state index in [-0.39, 0.29) is 17.0 Å². The highest BCUT2D eigenvalue weighted by atomic mass is 35.5. The summed E-state index contributed by atoms with van der Waals surface area (Å²) in [5.41, 5.74) is 1.32. The second kappa shape index (κ2) is 6.70. The molecule has 0 saturated heterocycles. The van der Waals surface area contributed by atoms with Crippen molar-refractivity contribution in [3.63, 3.8) is 0 Å². The number of thiophene rings is 1. The molecule has 4 heterocycles. The van der Waals surface area contributed by atoms with E-state index in [9.17, 15) is 9.90 Å². The molecule has 138 valence electrons. The van der Waals surface area contributed by atoms with Crippen molar-refractivity contribution >= 4 is 50.0 Å². The number of hydrogen-bond acceptors (Lipinski definition) is 5. The van der Waals surface area contributed by atoms with Gasteiger partial charge >= 0.3 is 11.2 Å². The monoisotopic (exact) mass is 426 g/mol. The lowest BCUT2D eigenvalue weighted by molar-refractivity contribution is -0.670. The molecule has 0 fully saturated rings. The highest BCUT2D eigenvalue weighted by Gasteiger charge is 2.27. The largest absolute Gasteiger partial charge is 0.477 e. The van der Waals surface area contributed by atoms with Gasteiger partial charge in [-0.1, -0.05) is 41.9 Å². The first-order valence-electron chi connectivity index (χ1n) is 8.46. The van der Waals surface area contributed by atoms with Crippen molar-refractivity contribution in [3.05, 3.63) is 79.9 Å². The fraction of sp³-hybridized carbons (Fsp3) is 0.0500. The number of halogens is 1. The van der Waals surface area contributed by atoms with Crippen molar-refractivity contribution in [3.8, 4) is 17.0 Å². The van der Waals surface area contributed by atoms with Crippen molar-refractivity contribution < 1.29 is 9.67 Å². The molecule has 5 aromatic rings. The smallest absolute Gasteiger partial charge is 0.354 e. The summed E-state index contributed by atoms with van der Waals surface area (Å²) in [5, 5.41) is 14.1. The van der Waals surface area contributed by atoms with Crippen LogP contribution >= 0.6 is 34.3 Å². The molecular formula is C20H13ClN3O2S2+. The zero-order valence-electron chi connectivity index (χ0n) is 14.4. The van der Waals surface area contributed by atoms with Gasteiger partial charge in [0.1, 0.15) is 12.7 Å². The van der Waals surface area contributed by atoms with Gasteiger partial charge in [0.2, 0.25) is 0 Å². The van der Waals surface area contributed by atoms with Crippen LogP contribution in [0.5, 0.6) is 5.88 Å². The zero-order valence-corrected chi connectivity index (χ0v) is 16.8. The van der Waals surface area contributed by atoms with Gasteiger partial charge in [0.25, 0.3) is 5.88 Å². The topological polar surface area (TPSA) is 58.5 Å². The molecule has 5 rings (SSSR count). The Bertz CT molecular complexity index is 1390. The predicted molar refractivity (Wildman–Crippen MR) is 113 cm³/mol. The molecule has 1 aromatic carbocycles. The minimum Gasteiger partial charge on any atom is -0.477 e. The quantitative estimate of drug-likeness (QED) is 0.437. The van der Waals surface area contributed by atoms with Crippen LogP contribution in [0, 0.1) is 0 Å². The van der Waals surface area contributed by atoms with Crippen molar-refractivity contribution in [1.82, 2.24) is 9.38 Å². The van der Waals surface area contributed by atoms with Gasteiger partial charge in [-0.15, -0.1) is 22.7 Å². The molecule has 0 radical (unpaired) electrons. The van der Waals surface area contributed by atoms with E-state index in [0.29, 0.717) is 22.2 Å². The fourth-order valence-corrected chi connectivity index (χ4v) is 5.13. The van der Waals surface area contributed by atoms with Crippen LogP contribution in [-0.2, 0) is 6.54 Å². The Morgan fingerprint density at radius 1 is 1.18 bits per heavy atom. The molecule has 0 atom stereocenters. The number of thiazole rings is 1. The number of pyridine rings is 1. The third-order valence-electron chi connectivity index (χ3n) is 4.61. The van der Waals surface area contributed by atoms with E-state index in [4.69, 9.17) is 11.6 Å². The van der Waals surface area contributed by atoms with Crippen LogP contribution in [0.1, 0.15) is 4.88 Å². The van der Waals surface area contributed by atoms with E-state index in [2.05, 4.69) is 4.98 Å². The van der Waals surface area contributed by atoms with Crippen LogP contribution in [0.2, 0.25) is 4.47 Å². The van der Waals surface area contributed by atoms with Crippen molar-refractivity contribution in [2.45, 2.75) is 6.54 Å². The SMILES string of the molecule is O=c1c(-c2ccccc2)c(O)[n+](Cc2cnc(Cl)s2)c2c3ccsc3ccn12. The summed E-state index contributed by atoms with van der Waals surface area (Å²) in [6.07, 6.45) is 3.45. The normalized spacial score (nSPS) is 11.5. The first-order chi connectivity index (χ1) is 13.6. The second-order valence-corrected chi connectivity index (χ2v) is 8.89. The Kier molecular flexibility index (Phi) is 4.16. The van der Waals surface area contributed by atoms with Gasteiger partial charge in [0, 0.05) is 10.9 Å². The molecule has 0 spiro atoms. The lowest BCUT2D eigenvalue weighted by atomic mass is 10.1. The van der Waals surface area contributed by atoms with Gasteiger partial charge in [-0.05, 0) is 23.1 Å². The molecule has 0 aliphatic carbocycles. The Hall–Kier alpha value is -2.74. The molecule has 0 saturated carbocycles. The van der Waals surface area contributed by atoms with Crippen molar-refractivity contribution in [2.75, 3.05) is 0 Å². The van der Waals surface area contributed by atoms with E-state index in [1.165, 1.54) is 11.3 Å². The summed E-state index contributed by atoms with van der Waals surface area (Å²) in [7, 11) is 0. The molecule has 28 heavy (non-hydrogen) atoms. The maximum absolute atomic E-state index is 13.3. The Labute approximate surface area is 172 Å². The molecule has 0 aliphatic heterocycles. The third kappa shape index (κ3) is 2.71. The first kappa shape index (κ1) is 17.4. The molecule has 0 unspecified atom stereocenters. The maximum atomic E-state index is 13.3. The van der Waals surface area contributed by atoms with Gasteiger partial charge in [-0.3, -0.25) is 0 Å². The van der Waals surface area contributed by atoms with Gasteiger partial charge in [0.05, 0.1) is 10.3 Å². The highest BCUT2D eigenvalue weighted by molar-refractivity contribution is 7.17. The predicted octanol–water partition coefficient (Wildman–Crippen LogP) is 4.33. The highest BCUT2D eigenvalue weighted by Crippen LogP contribution is 2.28. The Morgan fingerprint density at radius 3 is 2.75 bits per heavy atom. The molecule has 1 N–H and O–H groups in total. The summed E-state index contributed by atoms with van der Waals surface area (Å²) in [6.45, 7) is 0.356. The summed E-state index contributed by atoms with van der Waals surface area (Å²) in [4.78, 5) is 18.3. The number of aromatic hydroxyl groups is 1. The molecule has 4 aromatic heterocycles. The molecule has 0 amide bonds. The van der Waals surface area contributed by atoms with Gasteiger partial charge in [-0.25, -0.2) is 9.78 Å². The number of nitrogens with zero attached hydrogens (tertiary/aromatic N) is 3. The summed E-state index contributed by atoms with van der Waals surface area (Å²) in [5.74, 6) is -0.0700. The van der Waals surface area contributed by atoms with E-state index in [0.717, 1.165) is 15.0 Å². The summed E-state index contributed by atoms with van der Waals surface area (Å²) >= 11 is 8.94. The van der Waals surface area contributed by atoms with Crippen LogP contribution in [0.4, 0.5) is 0 Å². The van der Waals surface area contributed by atoms with Crippen LogP contribution in [0.15, 0.2) is 65.0 Å². The standard InChI is InChI=1S/C20H12ClN3O2S2/c21-20-22-10-13(28-20)11-24-17-14-7-9-27-15(14)6-8-23(17)18(25)16(19(24)26)12-4-2-1-3-5-12/h1-10H,11H2/p+1. The average Bonchev–Trinajstić information content (AvgIpc) is 3.34. The summed E-state index contributed by atoms with van der Waals surface area (Å²) in [6, 6.07) is 13.1. The van der Waals surface area contributed by atoms with Crippen LogP contribution in [-0.4, -0.2) is 14.5 Å². The minimum atomic E-state index is -0.259. The maximum Gasteiger partial charge on any atom is 0.354 e. The van der Waals surface area contributed by atoms with Crippen LogP contribution in [0.3, 0.4) is 0 Å². The van der Waals surface area contributed by atoms with E-state index in [1.807, 2.05) is 47.8 Å². The van der Waals surface area contributed by atoms with Gasteiger partial charge < -0.3 is 5.11 Å². The van der Waals surface area contributed by atoms with Gasteiger partial charge in [0.15, 0.2) is 10.0 Å². The molecular weight excluding hydrogens is 414 g/mol. The average molecular weight is 427 g/mol. The minimum absolute atomic E-state index is 0.0700. The third-order valence-corrected chi connectivity index (χ3v) is 6.59. The van der Waals surface area contributed by atoms with E-state index >= 15 is 0 Å². The van der Waals surface area contributed by atoms with Crippen LogP contribution < -0.4 is 10.1 Å².